The van der Waals surface area contributed by atoms with Crippen molar-refractivity contribution >= 4 is 27.3 Å². The Labute approximate surface area is 178 Å². The number of hydrogen-bond acceptors (Lipinski definition) is 6. The fraction of sp³-hybridized carbons (Fsp3) is 0.381. The summed E-state index contributed by atoms with van der Waals surface area (Å²) in [5, 5.41) is 5.75. The average Bonchev–Trinajstić information content (AvgIpc) is 2.76. The molecule has 2 aromatic rings. The number of nitrogens with one attached hydrogen (secondary N) is 2. The zero-order chi connectivity index (χ0) is 22.1. The third-order valence-electron chi connectivity index (χ3n) is 4.52. The Morgan fingerprint density at radius 1 is 1.07 bits per heavy atom. The number of benzene rings is 2. The number of carbonyl (C=O) groups is 1. The highest BCUT2D eigenvalue weighted by Crippen LogP contribution is 2.29. The van der Waals surface area contributed by atoms with Crippen LogP contribution >= 0.6 is 0 Å². The van der Waals surface area contributed by atoms with Crippen LogP contribution in [0.15, 0.2) is 47.4 Å². The first kappa shape index (κ1) is 23.5. The molecule has 0 atom stereocenters. The van der Waals surface area contributed by atoms with Gasteiger partial charge in [-0.2, -0.15) is 0 Å². The monoisotopic (exact) mass is 435 g/mol. The van der Waals surface area contributed by atoms with E-state index >= 15 is 0 Å². The molecule has 0 bridgehead atoms. The number of sulfonamides is 1. The molecule has 0 aromatic heterocycles. The lowest BCUT2D eigenvalue weighted by molar-refractivity contribution is -0.114. The van der Waals surface area contributed by atoms with Crippen molar-refractivity contribution in [2.75, 3.05) is 45.0 Å². The summed E-state index contributed by atoms with van der Waals surface area (Å²) in [6.45, 7) is 2.51. The molecule has 0 radical (unpaired) electrons. The molecule has 8 nitrogen and oxygen atoms in total. The van der Waals surface area contributed by atoms with Gasteiger partial charge in [0, 0.05) is 25.3 Å². The van der Waals surface area contributed by atoms with Crippen molar-refractivity contribution in [2.45, 2.75) is 24.7 Å². The summed E-state index contributed by atoms with van der Waals surface area (Å²) in [4.78, 5) is 12.5. The second kappa shape index (κ2) is 10.8. The van der Waals surface area contributed by atoms with E-state index in [1.807, 2.05) is 6.92 Å². The number of unbranched alkanes of at least 4 members (excludes halogenated alkanes) is 1. The Morgan fingerprint density at radius 2 is 1.77 bits per heavy atom. The molecule has 0 aliphatic heterocycles. The van der Waals surface area contributed by atoms with Crippen molar-refractivity contribution in [3.05, 3.63) is 42.5 Å². The fourth-order valence-electron chi connectivity index (χ4n) is 2.70. The lowest BCUT2D eigenvalue weighted by atomic mass is 10.2. The highest BCUT2D eigenvalue weighted by atomic mass is 32.2. The summed E-state index contributed by atoms with van der Waals surface area (Å²) in [5.74, 6) is 0.845. The van der Waals surface area contributed by atoms with E-state index in [1.165, 1.54) is 23.5 Å². The van der Waals surface area contributed by atoms with E-state index in [2.05, 4.69) is 10.6 Å². The number of hydrogen-bond donors (Lipinski definition) is 2. The second-order valence-electron chi connectivity index (χ2n) is 6.67. The first-order valence-electron chi connectivity index (χ1n) is 9.64. The van der Waals surface area contributed by atoms with Crippen LogP contribution in [-0.2, 0) is 14.8 Å². The number of anilines is 2. The molecule has 2 rings (SSSR count). The Hall–Kier alpha value is -2.78. The third kappa shape index (κ3) is 6.11. The number of amides is 1. The molecule has 0 saturated heterocycles. The zero-order valence-corrected chi connectivity index (χ0v) is 18.6. The Bertz CT molecular complexity index is 946. The van der Waals surface area contributed by atoms with Crippen molar-refractivity contribution in [3.8, 4) is 11.5 Å². The highest BCUT2D eigenvalue weighted by Gasteiger charge is 2.20. The van der Waals surface area contributed by atoms with Crippen LogP contribution in [0.4, 0.5) is 11.4 Å². The minimum atomic E-state index is -3.51. The van der Waals surface area contributed by atoms with Crippen LogP contribution in [0.25, 0.3) is 0 Å². The molecule has 0 unspecified atom stereocenters. The van der Waals surface area contributed by atoms with Gasteiger partial charge in [0.05, 0.1) is 31.3 Å². The standard InChI is InChI=1S/C21H29N3O5S/c1-5-6-13-24(2)30(26,27)18-10-7-16(8-11-18)22-15-21(25)23-19-12-9-17(28-3)14-20(19)29-4/h7-12,14,22H,5-6,13,15H2,1-4H3,(H,23,25). The van der Waals surface area contributed by atoms with Crippen molar-refractivity contribution in [3.63, 3.8) is 0 Å². The lowest BCUT2D eigenvalue weighted by Crippen LogP contribution is -2.28. The second-order valence-corrected chi connectivity index (χ2v) is 8.72. The number of nitrogens with zero attached hydrogens (tertiary/aromatic N) is 1. The van der Waals surface area contributed by atoms with Gasteiger partial charge in [0.2, 0.25) is 15.9 Å². The van der Waals surface area contributed by atoms with Crippen LogP contribution in [0.1, 0.15) is 19.8 Å². The maximum atomic E-state index is 12.5. The molecule has 30 heavy (non-hydrogen) atoms. The van der Waals surface area contributed by atoms with Crippen molar-refractivity contribution in [1.29, 1.82) is 0 Å². The molecule has 0 saturated carbocycles. The van der Waals surface area contributed by atoms with Crippen LogP contribution in [0, 0.1) is 0 Å². The molecule has 2 aromatic carbocycles. The van der Waals surface area contributed by atoms with E-state index in [-0.39, 0.29) is 17.3 Å². The highest BCUT2D eigenvalue weighted by molar-refractivity contribution is 7.89. The Balaban J connectivity index is 1.96. The van der Waals surface area contributed by atoms with Gasteiger partial charge >= 0.3 is 0 Å². The van der Waals surface area contributed by atoms with Gasteiger partial charge in [0.15, 0.2) is 0 Å². The average molecular weight is 436 g/mol. The van der Waals surface area contributed by atoms with Crippen LogP contribution in [-0.4, -0.2) is 53.0 Å². The van der Waals surface area contributed by atoms with E-state index in [0.29, 0.717) is 29.4 Å². The van der Waals surface area contributed by atoms with Gasteiger partial charge in [-0.25, -0.2) is 12.7 Å². The Kier molecular flexibility index (Phi) is 8.49. The molecule has 2 N–H and O–H groups in total. The topological polar surface area (TPSA) is 97.0 Å². The molecule has 0 aliphatic carbocycles. The molecule has 0 fully saturated rings. The number of rotatable bonds is 11. The minimum Gasteiger partial charge on any atom is -0.497 e. The molecule has 0 spiro atoms. The number of ether oxygens (including phenoxy) is 2. The smallest absolute Gasteiger partial charge is 0.243 e. The fourth-order valence-corrected chi connectivity index (χ4v) is 3.91. The van der Waals surface area contributed by atoms with Gasteiger partial charge in [-0.1, -0.05) is 13.3 Å². The molecule has 164 valence electrons. The summed E-state index contributed by atoms with van der Waals surface area (Å²) in [6, 6.07) is 11.4. The van der Waals surface area contributed by atoms with Gasteiger partial charge in [-0.3, -0.25) is 4.79 Å². The summed E-state index contributed by atoms with van der Waals surface area (Å²) in [7, 11) is 1.13. The summed E-state index contributed by atoms with van der Waals surface area (Å²) in [5.41, 5.74) is 1.17. The first-order valence-corrected chi connectivity index (χ1v) is 11.1. The lowest BCUT2D eigenvalue weighted by Gasteiger charge is -2.17. The summed E-state index contributed by atoms with van der Waals surface area (Å²) < 4.78 is 36.8. The largest absolute Gasteiger partial charge is 0.497 e. The SMILES string of the molecule is CCCCN(C)S(=O)(=O)c1ccc(NCC(=O)Nc2ccc(OC)cc2OC)cc1. The molecule has 0 aliphatic rings. The van der Waals surface area contributed by atoms with Gasteiger partial charge in [0.25, 0.3) is 0 Å². The first-order chi connectivity index (χ1) is 14.3. The van der Waals surface area contributed by atoms with Crippen LogP contribution in [0.5, 0.6) is 11.5 Å². The van der Waals surface area contributed by atoms with Crippen LogP contribution in [0.2, 0.25) is 0 Å². The molecule has 0 heterocycles. The minimum absolute atomic E-state index is 0.0116. The molecule has 9 heteroatoms. The number of carbonyl (C=O) groups excluding carboxylic acids is 1. The quantitative estimate of drug-likeness (QED) is 0.563. The van der Waals surface area contributed by atoms with Gasteiger partial charge in [-0.05, 0) is 42.8 Å². The van der Waals surface area contributed by atoms with E-state index < -0.39 is 10.0 Å². The summed E-state index contributed by atoms with van der Waals surface area (Å²) in [6.07, 6.45) is 1.73. The van der Waals surface area contributed by atoms with Crippen molar-refractivity contribution in [1.82, 2.24) is 4.31 Å². The van der Waals surface area contributed by atoms with Crippen LogP contribution in [0.3, 0.4) is 0 Å². The van der Waals surface area contributed by atoms with E-state index in [0.717, 1.165) is 12.8 Å². The van der Waals surface area contributed by atoms with E-state index in [1.54, 1.807) is 44.5 Å². The predicted molar refractivity (Wildman–Crippen MR) is 118 cm³/mol. The van der Waals surface area contributed by atoms with E-state index in [4.69, 9.17) is 9.47 Å². The van der Waals surface area contributed by atoms with Crippen molar-refractivity contribution < 1.29 is 22.7 Å². The van der Waals surface area contributed by atoms with Crippen molar-refractivity contribution in [2.24, 2.45) is 0 Å². The zero-order valence-electron chi connectivity index (χ0n) is 17.8. The van der Waals surface area contributed by atoms with Gasteiger partial charge < -0.3 is 20.1 Å². The Morgan fingerprint density at radius 3 is 2.37 bits per heavy atom. The third-order valence-corrected chi connectivity index (χ3v) is 6.40. The number of methoxy groups -OCH3 is 2. The van der Waals surface area contributed by atoms with Crippen LogP contribution < -0.4 is 20.1 Å². The maximum absolute atomic E-state index is 12.5. The van der Waals surface area contributed by atoms with Gasteiger partial charge in [-0.15, -0.1) is 0 Å². The molecular formula is C21H29N3O5S. The van der Waals surface area contributed by atoms with Gasteiger partial charge in [0.1, 0.15) is 11.5 Å². The predicted octanol–water partition coefficient (Wildman–Crippen LogP) is 3.18. The van der Waals surface area contributed by atoms with E-state index in [9.17, 15) is 13.2 Å². The summed E-state index contributed by atoms with van der Waals surface area (Å²) >= 11 is 0. The molecule has 1 amide bonds. The normalized spacial score (nSPS) is 11.2. The molecular weight excluding hydrogens is 406 g/mol. The maximum Gasteiger partial charge on any atom is 0.243 e.